The first kappa shape index (κ1) is 30.9. The second-order valence-electron chi connectivity index (χ2n) is 12.9. The van der Waals surface area contributed by atoms with Crippen LogP contribution in [0.2, 0.25) is 0 Å². The molecule has 0 N–H and O–H groups in total. The Balaban J connectivity index is 1.07. The first-order chi connectivity index (χ1) is 24.6. The van der Waals surface area contributed by atoms with E-state index in [1.54, 1.807) is 0 Å². The van der Waals surface area contributed by atoms with Gasteiger partial charge in [-0.3, -0.25) is 0 Å². The number of anilines is 6. The Morgan fingerprint density at radius 3 is 1.24 bits per heavy atom. The van der Waals surface area contributed by atoms with Crippen molar-refractivity contribution in [1.82, 2.24) is 0 Å². The molecule has 0 aliphatic carbocycles. The molecular weight excluding hydrogens is 605 g/mol. The van der Waals surface area contributed by atoms with Crippen LogP contribution in [0.5, 0.6) is 0 Å². The van der Waals surface area contributed by atoms with Gasteiger partial charge in [0.1, 0.15) is 0 Å². The monoisotopic (exact) mass is 642 g/mol. The molecular formula is C48H38N2. The van der Waals surface area contributed by atoms with E-state index in [4.69, 9.17) is 0 Å². The normalized spacial score (nSPS) is 11.3. The van der Waals surface area contributed by atoms with E-state index in [-0.39, 0.29) is 0 Å². The van der Waals surface area contributed by atoms with Crippen LogP contribution < -0.4 is 9.80 Å². The maximum Gasteiger partial charge on any atom is 0.0468 e. The Kier molecular flexibility index (Phi) is 8.42. The zero-order valence-corrected chi connectivity index (χ0v) is 28.4. The Morgan fingerprint density at radius 1 is 0.320 bits per heavy atom. The van der Waals surface area contributed by atoms with E-state index in [1.165, 1.54) is 38.2 Å². The average Bonchev–Trinajstić information content (AvgIpc) is 3.17. The van der Waals surface area contributed by atoms with Crippen molar-refractivity contribution < 1.29 is 0 Å². The quantitative estimate of drug-likeness (QED) is 0.120. The summed E-state index contributed by atoms with van der Waals surface area (Å²) in [5.41, 5.74) is 11.7. The van der Waals surface area contributed by atoms with E-state index in [0.717, 1.165) is 39.7 Å². The van der Waals surface area contributed by atoms with E-state index in [2.05, 4.69) is 218 Å². The smallest absolute Gasteiger partial charge is 0.0468 e. The third-order valence-electron chi connectivity index (χ3n) is 9.33. The van der Waals surface area contributed by atoms with Crippen molar-refractivity contribution in [3.05, 3.63) is 204 Å². The van der Waals surface area contributed by atoms with E-state index in [0.29, 0.717) is 0 Å². The number of hydrogen-bond acceptors (Lipinski definition) is 2. The molecule has 0 heterocycles. The lowest BCUT2D eigenvalue weighted by Crippen LogP contribution is -2.09. The van der Waals surface area contributed by atoms with E-state index >= 15 is 0 Å². The minimum Gasteiger partial charge on any atom is -0.311 e. The molecule has 0 saturated carbocycles. The molecule has 0 atom stereocenters. The minimum atomic E-state index is 1.13. The molecule has 2 nitrogen and oxygen atoms in total. The highest BCUT2D eigenvalue weighted by Crippen LogP contribution is 2.38. The summed E-state index contributed by atoms with van der Waals surface area (Å²) in [6.07, 6.45) is 4.40. The van der Waals surface area contributed by atoms with Crippen molar-refractivity contribution in [2.24, 2.45) is 0 Å². The molecule has 0 aromatic heterocycles. The summed E-state index contributed by atoms with van der Waals surface area (Å²) in [6.45, 7) is 4.26. The van der Waals surface area contributed by atoms with Crippen LogP contribution in [0.3, 0.4) is 0 Å². The lowest BCUT2D eigenvalue weighted by molar-refractivity contribution is 1.27. The van der Waals surface area contributed by atoms with Gasteiger partial charge in [-0.2, -0.15) is 0 Å². The zero-order chi connectivity index (χ0) is 33.9. The number of hydrogen-bond donors (Lipinski definition) is 0. The van der Waals surface area contributed by atoms with Gasteiger partial charge in [0, 0.05) is 34.1 Å². The zero-order valence-electron chi connectivity index (χ0n) is 28.4. The Bertz CT molecular complexity index is 2330. The largest absolute Gasteiger partial charge is 0.311 e. The number of fused-ring (bicyclic) bond motifs is 3. The predicted molar refractivity (Wildman–Crippen MR) is 216 cm³/mol. The number of para-hydroxylation sites is 2. The van der Waals surface area contributed by atoms with Crippen LogP contribution in [0, 0.1) is 13.8 Å². The highest BCUT2D eigenvalue weighted by molar-refractivity contribution is 6.09. The van der Waals surface area contributed by atoms with Gasteiger partial charge in [0.2, 0.25) is 0 Å². The Morgan fingerprint density at radius 2 is 0.700 bits per heavy atom. The lowest BCUT2D eigenvalue weighted by Gasteiger charge is -2.26. The number of benzene rings is 8. The van der Waals surface area contributed by atoms with Crippen LogP contribution in [0.25, 0.3) is 33.7 Å². The molecule has 8 aromatic carbocycles. The second kappa shape index (κ2) is 13.6. The van der Waals surface area contributed by atoms with Gasteiger partial charge < -0.3 is 9.80 Å². The Labute approximate surface area is 294 Å². The number of aryl methyl sites for hydroxylation is 2. The maximum absolute atomic E-state index is 2.34. The highest BCUT2D eigenvalue weighted by atomic mass is 15.1. The van der Waals surface area contributed by atoms with Crippen molar-refractivity contribution >= 4 is 67.8 Å². The molecule has 2 heteroatoms. The van der Waals surface area contributed by atoms with Gasteiger partial charge in [0.05, 0.1) is 0 Å². The molecule has 50 heavy (non-hydrogen) atoms. The first-order valence-corrected chi connectivity index (χ1v) is 17.2. The van der Waals surface area contributed by atoms with E-state index < -0.39 is 0 Å². The maximum atomic E-state index is 2.34. The fourth-order valence-corrected chi connectivity index (χ4v) is 6.68. The molecule has 240 valence electrons. The summed E-state index contributed by atoms with van der Waals surface area (Å²) in [5, 5.41) is 4.97. The molecule has 0 spiro atoms. The van der Waals surface area contributed by atoms with Crippen LogP contribution in [-0.2, 0) is 0 Å². The molecule has 0 fully saturated rings. The van der Waals surface area contributed by atoms with Crippen LogP contribution in [0.4, 0.5) is 34.1 Å². The number of rotatable bonds is 8. The Hall–Kier alpha value is -6.38. The van der Waals surface area contributed by atoms with Gasteiger partial charge in [0.25, 0.3) is 0 Å². The molecule has 0 aliphatic rings. The van der Waals surface area contributed by atoms with Gasteiger partial charge in [-0.05, 0) is 125 Å². The topological polar surface area (TPSA) is 6.48 Å². The van der Waals surface area contributed by atoms with Gasteiger partial charge in [-0.25, -0.2) is 0 Å². The standard InChI is InChI=1S/C48H38N2/c1-35-13-24-43(25-14-35)50(44-26-15-36(2)16-27-44)46-30-32-48-40(34-46)23-22-39-33-38(21-31-47(39)48)18-17-37-19-28-45(29-20-37)49(41-9-5-3-6-10-41)42-11-7-4-8-12-42/h3-34H,1-2H3. The summed E-state index contributed by atoms with van der Waals surface area (Å²) in [4.78, 5) is 4.62. The lowest BCUT2D eigenvalue weighted by atomic mass is 9.99. The van der Waals surface area contributed by atoms with Gasteiger partial charge in [0.15, 0.2) is 0 Å². The van der Waals surface area contributed by atoms with Crippen molar-refractivity contribution in [2.75, 3.05) is 9.80 Å². The van der Waals surface area contributed by atoms with Crippen molar-refractivity contribution in [3.8, 4) is 0 Å². The van der Waals surface area contributed by atoms with Gasteiger partial charge in [-0.15, -0.1) is 0 Å². The fraction of sp³-hybridized carbons (Fsp3) is 0.0417. The van der Waals surface area contributed by atoms with Crippen LogP contribution in [0.1, 0.15) is 22.3 Å². The van der Waals surface area contributed by atoms with Crippen LogP contribution in [0.15, 0.2) is 182 Å². The van der Waals surface area contributed by atoms with Crippen molar-refractivity contribution in [1.29, 1.82) is 0 Å². The summed E-state index contributed by atoms with van der Waals surface area (Å²) in [7, 11) is 0. The van der Waals surface area contributed by atoms with Crippen LogP contribution >= 0.6 is 0 Å². The van der Waals surface area contributed by atoms with Gasteiger partial charge >= 0.3 is 0 Å². The fourth-order valence-electron chi connectivity index (χ4n) is 6.68. The third-order valence-corrected chi connectivity index (χ3v) is 9.33. The molecule has 0 amide bonds. The van der Waals surface area contributed by atoms with Crippen molar-refractivity contribution in [2.45, 2.75) is 13.8 Å². The molecule has 0 aliphatic heterocycles. The van der Waals surface area contributed by atoms with Crippen molar-refractivity contribution in [3.63, 3.8) is 0 Å². The van der Waals surface area contributed by atoms with E-state index in [1.807, 2.05) is 0 Å². The summed E-state index contributed by atoms with van der Waals surface area (Å²) >= 11 is 0. The number of nitrogens with zero attached hydrogens (tertiary/aromatic N) is 2. The SMILES string of the molecule is Cc1ccc(N(c2ccc(C)cc2)c2ccc3c(ccc4cc(C=Cc5ccc(N(c6ccccc6)c6ccccc6)cc5)ccc43)c2)cc1. The molecule has 8 rings (SSSR count). The molecule has 0 radical (unpaired) electrons. The minimum absolute atomic E-state index is 1.13. The molecule has 0 unspecified atom stereocenters. The van der Waals surface area contributed by atoms with Gasteiger partial charge in [-0.1, -0.05) is 126 Å². The molecule has 0 saturated heterocycles. The highest BCUT2D eigenvalue weighted by Gasteiger charge is 2.14. The third kappa shape index (κ3) is 6.40. The predicted octanol–water partition coefficient (Wildman–Crippen LogP) is 13.7. The average molecular weight is 643 g/mol. The summed E-state index contributed by atoms with van der Waals surface area (Å²) in [5.74, 6) is 0. The summed E-state index contributed by atoms with van der Waals surface area (Å²) in [6, 6.07) is 65.4. The van der Waals surface area contributed by atoms with Crippen LogP contribution in [-0.4, -0.2) is 0 Å². The summed E-state index contributed by atoms with van der Waals surface area (Å²) < 4.78 is 0. The molecule has 8 aromatic rings. The van der Waals surface area contributed by atoms with E-state index in [9.17, 15) is 0 Å². The molecule has 0 bridgehead atoms. The first-order valence-electron chi connectivity index (χ1n) is 17.2. The second-order valence-corrected chi connectivity index (χ2v) is 12.9.